The SMILES string of the molecule is COc1cc(C=NNC(=O)C(=O)Nc2cccc(Cl)c2C)ccc1OC(=O)c1ccc(Cl)c(Cl)c1. The van der Waals surface area contributed by atoms with E-state index in [2.05, 4.69) is 15.8 Å². The average molecular weight is 535 g/mol. The maximum Gasteiger partial charge on any atom is 0.343 e. The number of hydrazone groups is 1. The van der Waals surface area contributed by atoms with Gasteiger partial charge in [0.15, 0.2) is 11.5 Å². The second kappa shape index (κ2) is 11.7. The summed E-state index contributed by atoms with van der Waals surface area (Å²) in [4.78, 5) is 36.6. The summed E-state index contributed by atoms with van der Waals surface area (Å²) in [5, 5.41) is 7.24. The standard InChI is InChI=1S/C24H18Cl3N3O5/c1-13-16(25)4-3-5-19(13)29-22(31)23(32)30-28-12-14-6-9-20(21(10-14)34-2)35-24(33)15-7-8-17(26)18(27)11-15/h3-12H,1-2H3,(H,29,31)(H,30,32). The van der Waals surface area contributed by atoms with E-state index in [1.807, 2.05) is 0 Å². The minimum atomic E-state index is -0.972. The van der Waals surface area contributed by atoms with E-state index < -0.39 is 17.8 Å². The molecule has 0 atom stereocenters. The van der Waals surface area contributed by atoms with E-state index >= 15 is 0 Å². The molecule has 0 bridgehead atoms. The van der Waals surface area contributed by atoms with Crippen molar-refractivity contribution in [3.05, 3.63) is 86.4 Å². The molecular weight excluding hydrogens is 517 g/mol. The molecule has 0 aromatic heterocycles. The Kier molecular flexibility index (Phi) is 8.70. The van der Waals surface area contributed by atoms with Crippen LogP contribution >= 0.6 is 34.8 Å². The molecule has 0 saturated heterocycles. The van der Waals surface area contributed by atoms with Gasteiger partial charge in [-0.25, -0.2) is 10.2 Å². The van der Waals surface area contributed by atoms with E-state index in [1.54, 1.807) is 31.2 Å². The lowest BCUT2D eigenvalue weighted by molar-refractivity contribution is -0.136. The number of esters is 1. The van der Waals surface area contributed by atoms with Crippen molar-refractivity contribution in [2.45, 2.75) is 6.92 Å². The van der Waals surface area contributed by atoms with Crippen LogP contribution in [0.5, 0.6) is 11.5 Å². The number of benzene rings is 3. The van der Waals surface area contributed by atoms with Gasteiger partial charge in [0.1, 0.15) is 0 Å². The van der Waals surface area contributed by atoms with Gasteiger partial charge >= 0.3 is 17.8 Å². The lowest BCUT2D eigenvalue weighted by Gasteiger charge is -2.10. The number of halogens is 3. The van der Waals surface area contributed by atoms with E-state index in [-0.39, 0.29) is 22.1 Å². The molecule has 0 aliphatic rings. The van der Waals surface area contributed by atoms with Gasteiger partial charge in [-0.15, -0.1) is 0 Å². The summed E-state index contributed by atoms with van der Waals surface area (Å²) in [6.07, 6.45) is 1.29. The second-order valence-corrected chi connectivity index (χ2v) is 8.22. The number of nitrogens with zero attached hydrogens (tertiary/aromatic N) is 1. The molecule has 3 aromatic carbocycles. The fourth-order valence-electron chi connectivity index (χ4n) is 2.77. The number of methoxy groups -OCH3 is 1. The molecule has 3 rings (SSSR count). The molecule has 0 saturated carbocycles. The quantitative estimate of drug-likeness (QED) is 0.147. The molecule has 0 radical (unpaired) electrons. The first-order valence-electron chi connectivity index (χ1n) is 9.94. The number of nitrogens with one attached hydrogen (secondary N) is 2. The Balaban J connectivity index is 1.63. The molecule has 11 heteroatoms. The van der Waals surface area contributed by atoms with E-state index in [4.69, 9.17) is 44.3 Å². The molecule has 0 aliphatic carbocycles. The van der Waals surface area contributed by atoms with E-state index in [1.165, 1.54) is 43.7 Å². The summed E-state index contributed by atoms with van der Waals surface area (Å²) in [6.45, 7) is 1.72. The fourth-order valence-corrected chi connectivity index (χ4v) is 3.24. The normalized spacial score (nSPS) is 10.7. The van der Waals surface area contributed by atoms with Crippen molar-refractivity contribution in [1.82, 2.24) is 5.43 Å². The first-order chi connectivity index (χ1) is 16.7. The third kappa shape index (κ3) is 6.73. The highest BCUT2D eigenvalue weighted by molar-refractivity contribution is 6.42. The number of anilines is 1. The van der Waals surface area contributed by atoms with Crippen molar-refractivity contribution in [2.24, 2.45) is 5.10 Å². The van der Waals surface area contributed by atoms with Crippen LogP contribution in [0.15, 0.2) is 59.7 Å². The van der Waals surface area contributed by atoms with Crippen molar-refractivity contribution >= 4 is 64.5 Å². The van der Waals surface area contributed by atoms with Crippen LogP contribution in [-0.2, 0) is 9.59 Å². The first-order valence-corrected chi connectivity index (χ1v) is 11.1. The Morgan fingerprint density at radius 1 is 0.886 bits per heavy atom. The van der Waals surface area contributed by atoms with Crippen molar-refractivity contribution in [1.29, 1.82) is 0 Å². The number of hydrogen-bond acceptors (Lipinski definition) is 6. The van der Waals surface area contributed by atoms with Gasteiger partial charge in [0.2, 0.25) is 0 Å². The van der Waals surface area contributed by atoms with Crippen LogP contribution in [0.25, 0.3) is 0 Å². The van der Waals surface area contributed by atoms with Gasteiger partial charge in [0.25, 0.3) is 0 Å². The molecule has 2 amide bonds. The van der Waals surface area contributed by atoms with Crippen LogP contribution in [0.4, 0.5) is 5.69 Å². The highest BCUT2D eigenvalue weighted by Gasteiger charge is 2.16. The molecule has 0 fully saturated rings. The van der Waals surface area contributed by atoms with E-state index in [9.17, 15) is 14.4 Å². The largest absolute Gasteiger partial charge is 0.493 e. The number of rotatable bonds is 6. The number of carbonyl (C=O) groups is 3. The predicted octanol–water partition coefficient (Wildman–Crippen LogP) is 5.27. The zero-order chi connectivity index (χ0) is 25.5. The minimum Gasteiger partial charge on any atom is -0.493 e. The van der Waals surface area contributed by atoms with Crippen molar-refractivity contribution < 1.29 is 23.9 Å². The third-order valence-electron chi connectivity index (χ3n) is 4.65. The molecule has 0 aliphatic heterocycles. The molecule has 0 spiro atoms. The van der Waals surface area contributed by atoms with Gasteiger partial charge in [-0.05, 0) is 66.6 Å². The smallest absolute Gasteiger partial charge is 0.343 e. The van der Waals surface area contributed by atoms with Crippen LogP contribution < -0.4 is 20.2 Å². The van der Waals surface area contributed by atoms with Crippen molar-refractivity contribution in [3.63, 3.8) is 0 Å². The fraction of sp³-hybridized carbons (Fsp3) is 0.0833. The van der Waals surface area contributed by atoms with Crippen LogP contribution in [0.2, 0.25) is 15.1 Å². The van der Waals surface area contributed by atoms with Gasteiger partial charge in [-0.1, -0.05) is 40.9 Å². The lowest BCUT2D eigenvalue weighted by atomic mass is 10.2. The molecule has 2 N–H and O–H groups in total. The molecular formula is C24H18Cl3N3O5. The van der Waals surface area contributed by atoms with Crippen molar-refractivity contribution in [3.8, 4) is 11.5 Å². The Morgan fingerprint density at radius 3 is 2.37 bits per heavy atom. The Hall–Kier alpha value is -3.59. The zero-order valence-electron chi connectivity index (χ0n) is 18.4. The van der Waals surface area contributed by atoms with Crippen LogP contribution in [-0.4, -0.2) is 31.1 Å². The minimum absolute atomic E-state index is 0.154. The molecule has 8 nitrogen and oxygen atoms in total. The molecule has 35 heavy (non-hydrogen) atoms. The van der Waals surface area contributed by atoms with Gasteiger partial charge in [-0.2, -0.15) is 5.10 Å². The van der Waals surface area contributed by atoms with Crippen LogP contribution in [0.3, 0.4) is 0 Å². The zero-order valence-corrected chi connectivity index (χ0v) is 20.7. The first kappa shape index (κ1) is 26.0. The number of amides is 2. The van der Waals surface area contributed by atoms with Crippen LogP contribution in [0, 0.1) is 6.92 Å². The van der Waals surface area contributed by atoms with Gasteiger partial charge in [0, 0.05) is 10.7 Å². The Bertz CT molecular complexity index is 1330. The molecule has 0 heterocycles. The summed E-state index contributed by atoms with van der Waals surface area (Å²) >= 11 is 17.8. The summed E-state index contributed by atoms with van der Waals surface area (Å²) in [7, 11) is 1.40. The Morgan fingerprint density at radius 2 is 1.66 bits per heavy atom. The molecule has 180 valence electrons. The molecule has 3 aromatic rings. The number of carbonyl (C=O) groups excluding carboxylic acids is 3. The summed E-state index contributed by atoms with van der Waals surface area (Å²) in [6, 6.07) is 13.9. The molecule has 0 unspecified atom stereocenters. The summed E-state index contributed by atoms with van der Waals surface area (Å²) in [5.41, 5.74) is 3.89. The predicted molar refractivity (Wildman–Crippen MR) is 135 cm³/mol. The van der Waals surface area contributed by atoms with Gasteiger partial charge in [-0.3, -0.25) is 9.59 Å². The maximum atomic E-state index is 12.4. The van der Waals surface area contributed by atoms with Gasteiger partial charge < -0.3 is 14.8 Å². The van der Waals surface area contributed by atoms with E-state index in [0.29, 0.717) is 26.9 Å². The second-order valence-electron chi connectivity index (χ2n) is 6.99. The maximum absolute atomic E-state index is 12.4. The summed E-state index contributed by atoms with van der Waals surface area (Å²) < 4.78 is 10.6. The highest BCUT2D eigenvalue weighted by Crippen LogP contribution is 2.29. The number of ether oxygens (including phenoxy) is 2. The third-order valence-corrected chi connectivity index (χ3v) is 5.80. The van der Waals surface area contributed by atoms with E-state index in [0.717, 1.165) is 0 Å². The average Bonchev–Trinajstić information content (AvgIpc) is 2.84. The van der Waals surface area contributed by atoms with Crippen molar-refractivity contribution in [2.75, 3.05) is 12.4 Å². The Labute approximate surface area is 215 Å². The number of hydrogen-bond donors (Lipinski definition) is 2. The lowest BCUT2D eigenvalue weighted by Crippen LogP contribution is -2.32. The highest BCUT2D eigenvalue weighted by atomic mass is 35.5. The monoisotopic (exact) mass is 533 g/mol. The van der Waals surface area contributed by atoms with Gasteiger partial charge in [0.05, 0.1) is 28.9 Å². The van der Waals surface area contributed by atoms with Crippen LogP contribution in [0.1, 0.15) is 21.5 Å². The topological polar surface area (TPSA) is 106 Å². The summed E-state index contributed by atoms with van der Waals surface area (Å²) in [5.74, 6) is -2.14.